The van der Waals surface area contributed by atoms with E-state index in [9.17, 15) is 4.79 Å². The number of rotatable bonds is 1. The molecule has 1 atom stereocenters. The number of hydrogen-bond acceptors (Lipinski definition) is 2. The van der Waals surface area contributed by atoms with Gasteiger partial charge in [0, 0.05) is 0 Å². The largest absolute Gasteiger partial charge is 0.439 e. The van der Waals surface area contributed by atoms with Gasteiger partial charge in [-0.1, -0.05) is 30.3 Å². The Kier molecular flexibility index (Phi) is 2.40. The van der Waals surface area contributed by atoms with E-state index >= 15 is 0 Å². The minimum absolute atomic E-state index is 0.297. The van der Waals surface area contributed by atoms with E-state index in [2.05, 4.69) is 6.58 Å². The molecular weight excluding hydrogens is 214 g/mol. The predicted molar refractivity (Wildman–Crippen MR) is 59.0 cm³/mol. The fraction of sp³-hybridized carbons (Fsp3) is 0.182. The zero-order chi connectivity index (χ0) is 11.0. The van der Waals surface area contributed by atoms with Crippen LogP contribution in [0.1, 0.15) is 6.92 Å². The van der Waals surface area contributed by atoms with Crippen LogP contribution in [0.2, 0.25) is 5.02 Å². The van der Waals surface area contributed by atoms with Crippen molar-refractivity contribution < 1.29 is 9.53 Å². The van der Waals surface area contributed by atoms with Crippen LogP contribution in [-0.4, -0.2) is 12.2 Å². The molecule has 1 aliphatic rings. The Hall–Kier alpha value is -1.48. The highest BCUT2D eigenvalue weighted by molar-refractivity contribution is 6.33. The van der Waals surface area contributed by atoms with Gasteiger partial charge in [-0.25, -0.2) is 9.69 Å². The van der Waals surface area contributed by atoms with Crippen LogP contribution >= 0.6 is 11.6 Å². The average molecular weight is 224 g/mol. The summed E-state index contributed by atoms with van der Waals surface area (Å²) < 4.78 is 5.02. The predicted octanol–water partition coefficient (Wildman–Crippen LogP) is 3.20. The van der Waals surface area contributed by atoms with Crippen molar-refractivity contribution in [3.05, 3.63) is 41.6 Å². The number of para-hydroxylation sites is 1. The Balaban J connectivity index is 2.44. The van der Waals surface area contributed by atoms with Crippen LogP contribution in [0.3, 0.4) is 0 Å². The van der Waals surface area contributed by atoms with Gasteiger partial charge in [-0.15, -0.1) is 0 Å². The summed E-state index contributed by atoms with van der Waals surface area (Å²) in [6, 6.07) is 7.09. The highest BCUT2D eigenvalue weighted by Gasteiger charge is 2.34. The van der Waals surface area contributed by atoms with E-state index in [1.165, 1.54) is 4.90 Å². The zero-order valence-corrected chi connectivity index (χ0v) is 8.99. The number of anilines is 1. The van der Waals surface area contributed by atoms with Crippen LogP contribution in [0.5, 0.6) is 0 Å². The monoisotopic (exact) mass is 223 g/mol. The minimum atomic E-state index is -0.430. The summed E-state index contributed by atoms with van der Waals surface area (Å²) in [5, 5.41) is 0.504. The van der Waals surface area contributed by atoms with E-state index in [0.29, 0.717) is 16.4 Å². The highest BCUT2D eigenvalue weighted by Crippen LogP contribution is 2.33. The van der Waals surface area contributed by atoms with Crippen molar-refractivity contribution in [2.75, 3.05) is 4.90 Å². The molecule has 1 aromatic carbocycles. The third kappa shape index (κ3) is 1.59. The van der Waals surface area contributed by atoms with Crippen molar-refractivity contribution in [2.24, 2.45) is 0 Å². The lowest BCUT2D eigenvalue weighted by atomic mass is 10.2. The van der Waals surface area contributed by atoms with Gasteiger partial charge >= 0.3 is 6.09 Å². The van der Waals surface area contributed by atoms with Crippen molar-refractivity contribution in [3.8, 4) is 0 Å². The van der Waals surface area contributed by atoms with E-state index in [0.717, 1.165) is 0 Å². The van der Waals surface area contributed by atoms with Gasteiger partial charge in [-0.2, -0.15) is 0 Å². The highest BCUT2D eigenvalue weighted by atomic mass is 35.5. The van der Waals surface area contributed by atoms with E-state index in [4.69, 9.17) is 16.3 Å². The van der Waals surface area contributed by atoms with Crippen LogP contribution in [0.4, 0.5) is 10.5 Å². The first-order valence-electron chi connectivity index (χ1n) is 4.55. The van der Waals surface area contributed by atoms with Gasteiger partial charge in [-0.05, 0) is 19.1 Å². The maximum Gasteiger partial charge on any atom is 0.419 e. The first-order chi connectivity index (χ1) is 7.11. The molecule has 0 spiro atoms. The van der Waals surface area contributed by atoms with Gasteiger partial charge in [0.25, 0.3) is 0 Å². The van der Waals surface area contributed by atoms with Crippen molar-refractivity contribution in [3.63, 3.8) is 0 Å². The van der Waals surface area contributed by atoms with Gasteiger partial charge < -0.3 is 4.74 Å². The van der Waals surface area contributed by atoms with E-state index in [1.807, 2.05) is 6.07 Å². The van der Waals surface area contributed by atoms with Crippen LogP contribution in [0.15, 0.2) is 36.5 Å². The van der Waals surface area contributed by atoms with E-state index in [1.54, 1.807) is 25.1 Å². The SMILES string of the molecule is C=C1C(C)OC(=O)N1c1ccccc1Cl. The first kappa shape index (κ1) is 10.1. The maximum absolute atomic E-state index is 11.5. The average Bonchev–Trinajstić information content (AvgIpc) is 2.43. The number of carbonyl (C=O) groups is 1. The number of amides is 1. The summed E-state index contributed by atoms with van der Waals surface area (Å²) >= 11 is 5.99. The number of ether oxygens (including phenoxy) is 1. The molecule has 3 nitrogen and oxygen atoms in total. The molecule has 15 heavy (non-hydrogen) atoms. The van der Waals surface area contributed by atoms with E-state index < -0.39 is 6.09 Å². The molecule has 78 valence electrons. The third-order valence-corrected chi connectivity index (χ3v) is 2.63. The lowest BCUT2D eigenvalue weighted by Gasteiger charge is -2.15. The summed E-state index contributed by atoms with van der Waals surface area (Å²) in [6.45, 7) is 5.58. The molecule has 0 aromatic heterocycles. The molecule has 1 aromatic rings. The quantitative estimate of drug-likeness (QED) is 0.732. The maximum atomic E-state index is 11.5. The summed E-state index contributed by atoms with van der Waals surface area (Å²) in [6.07, 6.45) is -0.727. The summed E-state index contributed by atoms with van der Waals surface area (Å²) in [5.74, 6) is 0. The van der Waals surface area contributed by atoms with E-state index in [-0.39, 0.29) is 6.10 Å². The zero-order valence-electron chi connectivity index (χ0n) is 8.24. The molecule has 2 rings (SSSR count). The topological polar surface area (TPSA) is 29.5 Å². The number of halogens is 1. The Bertz CT molecular complexity index is 430. The Labute approximate surface area is 92.9 Å². The van der Waals surface area contributed by atoms with Crippen molar-refractivity contribution >= 4 is 23.4 Å². The van der Waals surface area contributed by atoms with Gasteiger partial charge in [0.15, 0.2) is 0 Å². The van der Waals surface area contributed by atoms with Crippen LogP contribution in [0, 0.1) is 0 Å². The Morgan fingerprint density at radius 1 is 1.47 bits per heavy atom. The lowest BCUT2D eigenvalue weighted by molar-refractivity contribution is 0.154. The molecule has 1 saturated heterocycles. The smallest absolute Gasteiger partial charge is 0.419 e. The molecular formula is C11H10ClNO2. The van der Waals surface area contributed by atoms with Gasteiger partial charge in [-0.3, -0.25) is 0 Å². The normalized spacial score (nSPS) is 20.7. The molecule has 0 radical (unpaired) electrons. The second-order valence-corrected chi connectivity index (χ2v) is 3.71. The standard InChI is InChI=1S/C11H10ClNO2/c1-7-8(2)15-11(14)13(7)10-6-4-3-5-9(10)12/h3-6,8H,1H2,2H3. The molecule has 0 saturated carbocycles. The van der Waals surface area contributed by atoms with Crippen molar-refractivity contribution in [1.29, 1.82) is 0 Å². The fourth-order valence-electron chi connectivity index (χ4n) is 1.46. The van der Waals surface area contributed by atoms with Crippen LogP contribution in [-0.2, 0) is 4.74 Å². The van der Waals surface area contributed by atoms with Gasteiger partial charge in [0.1, 0.15) is 6.10 Å². The molecule has 1 heterocycles. The molecule has 1 unspecified atom stereocenters. The second kappa shape index (κ2) is 3.59. The number of benzene rings is 1. The lowest BCUT2D eigenvalue weighted by Crippen LogP contribution is -2.21. The van der Waals surface area contributed by atoms with Crippen molar-refractivity contribution in [1.82, 2.24) is 0 Å². The number of cyclic esters (lactones) is 1. The first-order valence-corrected chi connectivity index (χ1v) is 4.93. The molecule has 0 N–H and O–H groups in total. The van der Waals surface area contributed by atoms with Crippen LogP contribution < -0.4 is 4.90 Å². The summed E-state index contributed by atoms with van der Waals surface area (Å²) in [5.41, 5.74) is 1.21. The van der Waals surface area contributed by atoms with Gasteiger partial charge in [0.2, 0.25) is 0 Å². The third-order valence-electron chi connectivity index (χ3n) is 2.31. The molecule has 1 aliphatic heterocycles. The molecule has 1 fully saturated rings. The molecule has 0 aliphatic carbocycles. The number of carbonyl (C=O) groups excluding carboxylic acids is 1. The fourth-order valence-corrected chi connectivity index (χ4v) is 1.68. The number of hydrogen-bond donors (Lipinski definition) is 0. The second-order valence-electron chi connectivity index (χ2n) is 3.30. The molecule has 0 bridgehead atoms. The molecule has 4 heteroatoms. The van der Waals surface area contributed by atoms with Crippen LogP contribution in [0.25, 0.3) is 0 Å². The minimum Gasteiger partial charge on any atom is -0.439 e. The molecule has 1 amide bonds. The Morgan fingerprint density at radius 2 is 2.13 bits per heavy atom. The van der Waals surface area contributed by atoms with Gasteiger partial charge in [0.05, 0.1) is 16.4 Å². The number of nitrogens with zero attached hydrogens (tertiary/aromatic N) is 1. The Morgan fingerprint density at radius 3 is 2.67 bits per heavy atom. The summed E-state index contributed by atoms with van der Waals surface area (Å²) in [7, 11) is 0. The van der Waals surface area contributed by atoms with Crippen molar-refractivity contribution in [2.45, 2.75) is 13.0 Å². The summed E-state index contributed by atoms with van der Waals surface area (Å²) in [4.78, 5) is 12.9.